The Kier molecular flexibility index (Phi) is 7.86. The highest BCUT2D eigenvalue weighted by molar-refractivity contribution is 6.00. The maximum atomic E-state index is 12.2. The number of aryl methyl sites for hydroxylation is 1. The smallest absolute Gasteiger partial charge is 0.328 e. The van der Waals surface area contributed by atoms with E-state index in [-0.39, 0.29) is 17.6 Å². The first kappa shape index (κ1) is 22.8. The summed E-state index contributed by atoms with van der Waals surface area (Å²) in [5.41, 5.74) is 2.30. The molecular formula is C23H26N2O5. The van der Waals surface area contributed by atoms with Crippen LogP contribution in [0.2, 0.25) is 0 Å². The molecule has 7 heteroatoms. The Morgan fingerprint density at radius 1 is 0.933 bits per heavy atom. The summed E-state index contributed by atoms with van der Waals surface area (Å²) in [6.07, 6.45) is 0. The first-order valence-corrected chi connectivity index (χ1v) is 9.65. The van der Waals surface area contributed by atoms with Crippen molar-refractivity contribution in [3.05, 3.63) is 65.2 Å². The van der Waals surface area contributed by atoms with Gasteiger partial charge in [0.2, 0.25) is 5.91 Å². The highest BCUT2D eigenvalue weighted by Crippen LogP contribution is 2.12. The Bertz CT molecular complexity index is 935. The van der Waals surface area contributed by atoms with Crippen LogP contribution in [0.5, 0.6) is 0 Å². The second kappa shape index (κ2) is 10.3. The highest BCUT2D eigenvalue weighted by Gasteiger charge is 2.19. The van der Waals surface area contributed by atoms with Crippen LogP contribution in [0.25, 0.3) is 0 Å². The van der Waals surface area contributed by atoms with Crippen molar-refractivity contribution in [3.63, 3.8) is 0 Å². The van der Waals surface area contributed by atoms with Gasteiger partial charge < -0.3 is 15.4 Å². The number of Topliss-reactive ketones (excluding diaryl/α,β-unsaturated/α-hetero) is 1. The van der Waals surface area contributed by atoms with Crippen molar-refractivity contribution < 1.29 is 23.9 Å². The lowest BCUT2D eigenvalue weighted by molar-refractivity contribution is -0.144. The average Bonchev–Trinajstić information content (AvgIpc) is 2.72. The first-order chi connectivity index (χ1) is 14.2. The van der Waals surface area contributed by atoms with E-state index in [0.717, 1.165) is 5.56 Å². The summed E-state index contributed by atoms with van der Waals surface area (Å²) in [7, 11) is 0. The Hall–Kier alpha value is -3.48. The number of ketones is 1. The van der Waals surface area contributed by atoms with E-state index in [0.29, 0.717) is 16.8 Å². The molecule has 2 aromatic carbocycles. The second-order valence-electron chi connectivity index (χ2n) is 7.32. The molecule has 1 atom stereocenters. The number of esters is 1. The molecule has 2 aromatic rings. The van der Waals surface area contributed by atoms with Crippen molar-refractivity contribution in [1.82, 2.24) is 5.32 Å². The number of hydrogen-bond acceptors (Lipinski definition) is 5. The predicted octanol–water partition coefficient (Wildman–Crippen LogP) is 3.13. The lowest BCUT2D eigenvalue weighted by atomic mass is 10.1. The number of amides is 2. The Labute approximate surface area is 175 Å². The second-order valence-corrected chi connectivity index (χ2v) is 7.32. The topological polar surface area (TPSA) is 102 Å². The zero-order valence-corrected chi connectivity index (χ0v) is 17.5. The van der Waals surface area contributed by atoms with Gasteiger partial charge in [-0.3, -0.25) is 14.4 Å². The van der Waals surface area contributed by atoms with Crippen LogP contribution in [-0.4, -0.2) is 36.2 Å². The van der Waals surface area contributed by atoms with E-state index in [1.54, 1.807) is 56.3 Å². The van der Waals surface area contributed by atoms with Gasteiger partial charge in [-0.05, 0) is 50.2 Å². The van der Waals surface area contributed by atoms with Gasteiger partial charge in [0.05, 0.1) is 0 Å². The molecule has 0 aliphatic carbocycles. The van der Waals surface area contributed by atoms with E-state index in [2.05, 4.69) is 10.6 Å². The zero-order chi connectivity index (χ0) is 22.3. The summed E-state index contributed by atoms with van der Waals surface area (Å²) in [4.78, 5) is 48.3. The largest absolute Gasteiger partial charge is 0.456 e. The van der Waals surface area contributed by atoms with E-state index >= 15 is 0 Å². The minimum absolute atomic E-state index is 0.121. The molecule has 0 spiro atoms. The Morgan fingerprint density at radius 2 is 1.60 bits per heavy atom. The number of anilines is 1. The van der Waals surface area contributed by atoms with Crippen LogP contribution in [0.1, 0.15) is 47.1 Å². The monoisotopic (exact) mass is 410 g/mol. The van der Waals surface area contributed by atoms with Crippen LogP contribution in [0.15, 0.2) is 48.5 Å². The minimum Gasteiger partial charge on any atom is -0.456 e. The molecule has 0 heterocycles. The molecule has 0 bridgehead atoms. The van der Waals surface area contributed by atoms with Crippen LogP contribution in [0, 0.1) is 12.8 Å². The quantitative estimate of drug-likeness (QED) is 0.514. The molecule has 7 nitrogen and oxygen atoms in total. The molecular weight excluding hydrogens is 384 g/mol. The normalized spacial score (nSPS) is 11.5. The summed E-state index contributed by atoms with van der Waals surface area (Å²) in [5.74, 6) is -1.76. The third-order valence-corrected chi connectivity index (χ3v) is 4.33. The summed E-state index contributed by atoms with van der Waals surface area (Å²) in [6, 6.07) is 12.4. The molecule has 0 fully saturated rings. The van der Waals surface area contributed by atoms with E-state index in [1.807, 2.05) is 13.0 Å². The number of ether oxygens (including phenoxy) is 1. The molecule has 158 valence electrons. The van der Waals surface area contributed by atoms with Gasteiger partial charge in [-0.2, -0.15) is 0 Å². The number of carbonyl (C=O) groups excluding carboxylic acids is 4. The fourth-order valence-electron chi connectivity index (χ4n) is 2.50. The molecule has 0 saturated carbocycles. The van der Waals surface area contributed by atoms with Crippen molar-refractivity contribution in [3.8, 4) is 0 Å². The number of carbonyl (C=O) groups is 4. The third-order valence-electron chi connectivity index (χ3n) is 4.33. The van der Waals surface area contributed by atoms with Gasteiger partial charge in [-0.1, -0.05) is 31.5 Å². The number of benzene rings is 2. The van der Waals surface area contributed by atoms with Gasteiger partial charge in [0, 0.05) is 22.7 Å². The predicted molar refractivity (Wildman–Crippen MR) is 113 cm³/mol. The van der Waals surface area contributed by atoms with Gasteiger partial charge >= 0.3 is 5.97 Å². The van der Waals surface area contributed by atoms with Gasteiger partial charge in [0.25, 0.3) is 5.91 Å². The van der Waals surface area contributed by atoms with Crippen LogP contribution in [0.4, 0.5) is 5.69 Å². The van der Waals surface area contributed by atoms with Crippen molar-refractivity contribution in [2.24, 2.45) is 5.92 Å². The average molecular weight is 410 g/mol. The van der Waals surface area contributed by atoms with E-state index in [1.165, 1.54) is 6.92 Å². The van der Waals surface area contributed by atoms with Crippen molar-refractivity contribution >= 4 is 29.3 Å². The zero-order valence-electron chi connectivity index (χ0n) is 17.5. The van der Waals surface area contributed by atoms with E-state index < -0.39 is 24.5 Å². The Balaban J connectivity index is 1.85. The number of rotatable bonds is 8. The molecule has 0 saturated heterocycles. The van der Waals surface area contributed by atoms with Gasteiger partial charge in [0.1, 0.15) is 6.04 Å². The fraction of sp³-hybridized carbons (Fsp3) is 0.304. The van der Waals surface area contributed by atoms with Gasteiger partial charge in [-0.15, -0.1) is 0 Å². The molecule has 2 rings (SSSR count). The van der Waals surface area contributed by atoms with Gasteiger partial charge in [-0.25, -0.2) is 4.79 Å². The standard InChI is InChI=1S/C23H26N2O5/c1-14(2)21(27)25-19-10-8-17(9-11-19)20(26)13-30-23(29)16(4)24-22(28)18-7-5-6-15(3)12-18/h5-12,14,16H,13H2,1-4H3,(H,24,28)(H,25,27)/t16-/m0/s1. The maximum Gasteiger partial charge on any atom is 0.328 e. The van der Waals surface area contributed by atoms with Crippen LogP contribution >= 0.6 is 0 Å². The van der Waals surface area contributed by atoms with Gasteiger partial charge in [0.15, 0.2) is 12.4 Å². The van der Waals surface area contributed by atoms with E-state index in [4.69, 9.17) is 4.74 Å². The molecule has 0 aliphatic rings. The molecule has 30 heavy (non-hydrogen) atoms. The lowest BCUT2D eigenvalue weighted by Crippen LogP contribution is -2.40. The summed E-state index contributed by atoms with van der Waals surface area (Å²) >= 11 is 0. The number of nitrogens with one attached hydrogen (secondary N) is 2. The SMILES string of the molecule is Cc1cccc(C(=O)N[C@@H](C)C(=O)OCC(=O)c2ccc(NC(=O)C(C)C)cc2)c1. The van der Waals surface area contributed by atoms with Crippen molar-refractivity contribution in [2.75, 3.05) is 11.9 Å². The molecule has 0 unspecified atom stereocenters. The molecule has 2 N–H and O–H groups in total. The molecule has 2 amide bonds. The minimum atomic E-state index is -0.903. The van der Waals surface area contributed by atoms with Crippen LogP contribution in [0.3, 0.4) is 0 Å². The third kappa shape index (κ3) is 6.55. The van der Waals surface area contributed by atoms with Crippen LogP contribution in [-0.2, 0) is 14.3 Å². The fourth-order valence-corrected chi connectivity index (χ4v) is 2.50. The molecule has 0 aliphatic heterocycles. The maximum absolute atomic E-state index is 12.2. The van der Waals surface area contributed by atoms with Crippen molar-refractivity contribution in [1.29, 1.82) is 0 Å². The van der Waals surface area contributed by atoms with Crippen molar-refractivity contribution in [2.45, 2.75) is 33.7 Å². The summed E-state index contributed by atoms with van der Waals surface area (Å²) < 4.78 is 5.03. The first-order valence-electron chi connectivity index (χ1n) is 9.65. The lowest BCUT2D eigenvalue weighted by Gasteiger charge is -2.13. The van der Waals surface area contributed by atoms with E-state index in [9.17, 15) is 19.2 Å². The summed E-state index contributed by atoms with van der Waals surface area (Å²) in [5, 5.41) is 5.29. The number of hydrogen-bond donors (Lipinski definition) is 2. The summed E-state index contributed by atoms with van der Waals surface area (Å²) in [6.45, 7) is 6.48. The highest BCUT2D eigenvalue weighted by atomic mass is 16.5. The molecule has 0 radical (unpaired) electrons. The van der Waals surface area contributed by atoms with Crippen LogP contribution < -0.4 is 10.6 Å². The Morgan fingerprint density at radius 3 is 2.20 bits per heavy atom. The molecule has 0 aromatic heterocycles.